The average Bonchev–Trinajstić information content (AvgIpc) is 2.48. The highest BCUT2D eigenvalue weighted by Gasteiger charge is 1.94. The minimum Gasteiger partial charge on any atom is -0.489 e. The lowest BCUT2D eigenvalue weighted by molar-refractivity contribution is 0.306. The third-order valence-corrected chi connectivity index (χ3v) is 2.68. The van der Waals surface area contributed by atoms with E-state index in [2.05, 4.69) is 25.8 Å². The van der Waals surface area contributed by atoms with Crippen LogP contribution in [0, 0.1) is 6.92 Å². The van der Waals surface area contributed by atoms with Crippen LogP contribution in [-0.2, 0) is 6.61 Å². The Balaban J connectivity index is 0.000000399. The first-order chi connectivity index (χ1) is 9.26. The summed E-state index contributed by atoms with van der Waals surface area (Å²) >= 11 is 0. The first-order valence-electron chi connectivity index (χ1n) is 6.84. The lowest BCUT2D eigenvalue weighted by Gasteiger charge is -2.05. The van der Waals surface area contributed by atoms with Gasteiger partial charge in [-0.2, -0.15) is 0 Å². The second-order valence-electron chi connectivity index (χ2n) is 4.46. The fourth-order valence-electron chi connectivity index (χ4n) is 1.28. The maximum absolute atomic E-state index is 5.62. The van der Waals surface area contributed by atoms with Gasteiger partial charge < -0.3 is 4.74 Å². The van der Waals surface area contributed by atoms with E-state index < -0.39 is 0 Å². The molecule has 0 spiro atoms. The Morgan fingerprint density at radius 2 is 1.47 bits per heavy atom. The molecule has 2 nitrogen and oxygen atoms in total. The van der Waals surface area contributed by atoms with E-state index in [-0.39, 0.29) is 0 Å². The highest BCUT2D eigenvalue weighted by Crippen LogP contribution is 2.13. The van der Waals surface area contributed by atoms with Gasteiger partial charge in [-0.3, -0.25) is 4.98 Å². The second-order valence-corrected chi connectivity index (χ2v) is 4.46. The van der Waals surface area contributed by atoms with Crippen LogP contribution in [0.3, 0.4) is 0 Å². The highest BCUT2D eigenvalue weighted by molar-refractivity contribution is 5.26. The molecule has 0 amide bonds. The van der Waals surface area contributed by atoms with Gasteiger partial charge in [0.1, 0.15) is 12.4 Å². The largest absolute Gasteiger partial charge is 0.489 e. The summed E-state index contributed by atoms with van der Waals surface area (Å²) in [7, 11) is 0. The molecular weight excluding hydrogens is 234 g/mol. The molecule has 0 aliphatic rings. The Bertz CT molecular complexity index is 435. The number of pyridine rings is 1. The summed E-state index contributed by atoms with van der Waals surface area (Å²) in [6.45, 7) is 7.01. The van der Waals surface area contributed by atoms with Gasteiger partial charge in [0, 0.05) is 12.4 Å². The van der Waals surface area contributed by atoms with Gasteiger partial charge in [0.2, 0.25) is 0 Å². The van der Waals surface area contributed by atoms with Crippen LogP contribution in [-0.4, -0.2) is 4.98 Å². The van der Waals surface area contributed by atoms with Gasteiger partial charge in [0.05, 0.1) is 0 Å². The van der Waals surface area contributed by atoms with Gasteiger partial charge in [-0.1, -0.05) is 44.4 Å². The number of unbranched alkanes of at least 4 members (excludes halogenated alkanes) is 1. The van der Waals surface area contributed by atoms with Crippen LogP contribution in [0.4, 0.5) is 0 Å². The maximum Gasteiger partial charge on any atom is 0.119 e. The van der Waals surface area contributed by atoms with E-state index in [9.17, 15) is 0 Å². The number of ether oxygens (including phenoxy) is 1. The van der Waals surface area contributed by atoms with Crippen LogP contribution in [0.25, 0.3) is 0 Å². The van der Waals surface area contributed by atoms with Crippen molar-refractivity contribution in [1.29, 1.82) is 0 Å². The molecule has 1 aromatic carbocycles. The molecule has 0 N–H and O–H groups in total. The molecule has 0 unspecified atom stereocenters. The molecule has 0 saturated carbocycles. The van der Waals surface area contributed by atoms with Crippen LogP contribution in [0.2, 0.25) is 0 Å². The smallest absolute Gasteiger partial charge is 0.119 e. The fourth-order valence-corrected chi connectivity index (χ4v) is 1.28. The fraction of sp³-hybridized carbons (Fsp3) is 0.353. The quantitative estimate of drug-likeness (QED) is 0.786. The van der Waals surface area contributed by atoms with E-state index in [1.807, 2.05) is 36.4 Å². The molecule has 0 aliphatic heterocycles. The zero-order valence-electron chi connectivity index (χ0n) is 12.1. The Labute approximate surface area is 116 Å². The van der Waals surface area contributed by atoms with Crippen LogP contribution in [0.5, 0.6) is 5.75 Å². The lowest BCUT2D eigenvalue weighted by Crippen LogP contribution is -1.95. The van der Waals surface area contributed by atoms with Gasteiger partial charge in [0.15, 0.2) is 0 Å². The summed E-state index contributed by atoms with van der Waals surface area (Å²) in [6.07, 6.45) is 6.18. The third-order valence-electron chi connectivity index (χ3n) is 2.68. The molecule has 1 aromatic heterocycles. The number of nitrogens with zero attached hydrogens (tertiary/aromatic N) is 1. The monoisotopic (exact) mass is 257 g/mol. The third kappa shape index (κ3) is 6.61. The van der Waals surface area contributed by atoms with Gasteiger partial charge in [-0.15, -0.1) is 0 Å². The Morgan fingerprint density at radius 1 is 0.895 bits per heavy atom. The molecular formula is C17H23NO. The Kier molecular flexibility index (Phi) is 7.33. The zero-order valence-corrected chi connectivity index (χ0v) is 12.1. The van der Waals surface area contributed by atoms with Gasteiger partial charge in [-0.05, 0) is 36.8 Å². The SMILES string of the molecule is CCCC.Cc1ccc(OCc2ccncc2)cc1. The number of hydrogen-bond acceptors (Lipinski definition) is 2. The predicted octanol–water partition coefficient (Wildman–Crippen LogP) is 4.78. The molecule has 0 saturated heterocycles. The topological polar surface area (TPSA) is 22.1 Å². The number of aryl methyl sites for hydroxylation is 1. The summed E-state index contributed by atoms with van der Waals surface area (Å²) in [5.41, 5.74) is 2.37. The summed E-state index contributed by atoms with van der Waals surface area (Å²) in [5.74, 6) is 0.900. The average molecular weight is 257 g/mol. The number of aromatic nitrogens is 1. The van der Waals surface area contributed by atoms with Crippen LogP contribution >= 0.6 is 0 Å². The molecule has 19 heavy (non-hydrogen) atoms. The highest BCUT2D eigenvalue weighted by atomic mass is 16.5. The van der Waals surface area contributed by atoms with Crippen molar-refractivity contribution in [2.24, 2.45) is 0 Å². The summed E-state index contributed by atoms with van der Waals surface area (Å²) in [4.78, 5) is 3.96. The van der Waals surface area contributed by atoms with E-state index in [1.165, 1.54) is 18.4 Å². The van der Waals surface area contributed by atoms with Gasteiger partial charge in [0.25, 0.3) is 0 Å². The van der Waals surface area contributed by atoms with E-state index in [0.29, 0.717) is 6.61 Å². The zero-order chi connectivity index (χ0) is 13.9. The van der Waals surface area contributed by atoms with E-state index in [4.69, 9.17) is 4.74 Å². The van der Waals surface area contributed by atoms with Crippen LogP contribution < -0.4 is 4.74 Å². The van der Waals surface area contributed by atoms with Crippen molar-refractivity contribution in [3.8, 4) is 5.75 Å². The number of benzene rings is 1. The molecule has 0 fully saturated rings. The standard InChI is InChI=1S/C13H13NO.C4H10/c1-11-2-4-13(5-3-11)15-10-12-6-8-14-9-7-12;1-3-4-2/h2-9H,10H2,1H3;3-4H2,1-2H3. The molecule has 0 bridgehead atoms. The first kappa shape index (κ1) is 15.2. The molecule has 2 rings (SSSR count). The van der Waals surface area contributed by atoms with Crippen molar-refractivity contribution in [3.63, 3.8) is 0 Å². The van der Waals surface area contributed by atoms with Crippen LogP contribution in [0.15, 0.2) is 48.8 Å². The van der Waals surface area contributed by atoms with E-state index >= 15 is 0 Å². The molecule has 102 valence electrons. The van der Waals surface area contributed by atoms with Crippen molar-refractivity contribution in [2.45, 2.75) is 40.2 Å². The lowest BCUT2D eigenvalue weighted by atomic mass is 10.2. The maximum atomic E-state index is 5.62. The van der Waals surface area contributed by atoms with Crippen LogP contribution in [0.1, 0.15) is 37.8 Å². The van der Waals surface area contributed by atoms with E-state index in [1.54, 1.807) is 12.4 Å². The molecule has 0 atom stereocenters. The van der Waals surface area contributed by atoms with Crippen molar-refractivity contribution < 1.29 is 4.74 Å². The number of rotatable bonds is 4. The molecule has 0 radical (unpaired) electrons. The Hall–Kier alpha value is -1.83. The molecule has 2 aromatic rings. The summed E-state index contributed by atoms with van der Waals surface area (Å²) in [5, 5.41) is 0. The predicted molar refractivity (Wildman–Crippen MR) is 80.3 cm³/mol. The number of hydrogen-bond donors (Lipinski definition) is 0. The molecule has 0 aliphatic carbocycles. The van der Waals surface area contributed by atoms with Crippen molar-refractivity contribution in [2.75, 3.05) is 0 Å². The van der Waals surface area contributed by atoms with Crippen molar-refractivity contribution >= 4 is 0 Å². The van der Waals surface area contributed by atoms with Gasteiger partial charge >= 0.3 is 0 Å². The summed E-state index contributed by atoms with van der Waals surface area (Å²) in [6, 6.07) is 12.0. The van der Waals surface area contributed by atoms with E-state index in [0.717, 1.165) is 11.3 Å². The van der Waals surface area contributed by atoms with Gasteiger partial charge in [-0.25, -0.2) is 0 Å². The molecule has 2 heteroatoms. The normalized spacial score (nSPS) is 9.42. The molecule has 1 heterocycles. The summed E-state index contributed by atoms with van der Waals surface area (Å²) < 4.78 is 5.62. The van der Waals surface area contributed by atoms with Crippen molar-refractivity contribution in [3.05, 3.63) is 59.9 Å². The van der Waals surface area contributed by atoms with Crippen molar-refractivity contribution in [1.82, 2.24) is 4.98 Å². The second kappa shape index (κ2) is 9.15. The Morgan fingerprint density at radius 3 is 2.00 bits per heavy atom. The minimum absolute atomic E-state index is 0.589. The first-order valence-corrected chi connectivity index (χ1v) is 6.84. The minimum atomic E-state index is 0.589.